The fraction of sp³-hybridized carbons (Fsp3) is 0.167. The summed E-state index contributed by atoms with van der Waals surface area (Å²) >= 11 is 1.12. The van der Waals surface area contributed by atoms with Crippen molar-refractivity contribution in [1.29, 1.82) is 0 Å². The number of carbonyl (C=O) groups excluding carboxylic acids is 1. The van der Waals surface area contributed by atoms with Crippen LogP contribution in [0.2, 0.25) is 0 Å². The van der Waals surface area contributed by atoms with Gasteiger partial charge in [-0.05, 0) is 0 Å². The molecule has 0 radical (unpaired) electrons. The first kappa shape index (κ1) is 9.62. The van der Waals surface area contributed by atoms with E-state index in [1.165, 1.54) is 5.38 Å². The summed E-state index contributed by atoms with van der Waals surface area (Å²) < 4.78 is 0. The van der Waals surface area contributed by atoms with Gasteiger partial charge in [0, 0.05) is 5.38 Å². The van der Waals surface area contributed by atoms with E-state index in [-0.39, 0.29) is 5.69 Å². The number of anilines is 1. The average molecular weight is 201 g/mol. The summed E-state index contributed by atoms with van der Waals surface area (Å²) in [6, 6.07) is -1.14. The Hall–Kier alpha value is -1.47. The van der Waals surface area contributed by atoms with E-state index in [0.717, 1.165) is 11.3 Å². The second-order valence-corrected chi connectivity index (χ2v) is 3.01. The molecule has 6 nitrogen and oxygen atoms in total. The fourth-order valence-corrected chi connectivity index (χ4v) is 1.38. The molecule has 7 heteroatoms. The van der Waals surface area contributed by atoms with E-state index in [1.807, 2.05) is 0 Å². The number of rotatable bonds is 4. The van der Waals surface area contributed by atoms with Crippen molar-refractivity contribution in [3.63, 3.8) is 0 Å². The number of hydrogen-bond donors (Lipinski definition) is 3. The Morgan fingerprint density at radius 2 is 2.54 bits per heavy atom. The molecule has 1 aromatic rings. The predicted octanol–water partition coefficient (Wildman–Crippen LogP) is -0.204. The number of carbonyl (C=O) groups is 2. The van der Waals surface area contributed by atoms with Crippen LogP contribution in [0.4, 0.5) is 5.13 Å². The van der Waals surface area contributed by atoms with Gasteiger partial charge in [-0.15, -0.1) is 11.3 Å². The first-order valence-corrected chi connectivity index (χ1v) is 4.17. The summed E-state index contributed by atoms with van der Waals surface area (Å²) in [6.45, 7) is 0. The van der Waals surface area contributed by atoms with E-state index in [9.17, 15) is 9.59 Å². The Balaban J connectivity index is 2.78. The molecule has 1 atom stereocenters. The highest BCUT2D eigenvalue weighted by atomic mass is 32.1. The molecule has 1 rings (SSSR count). The maximum Gasteiger partial charge on any atom is 0.326 e. The lowest BCUT2D eigenvalue weighted by Gasteiger charge is -1.99. The summed E-state index contributed by atoms with van der Waals surface area (Å²) in [7, 11) is 0. The van der Waals surface area contributed by atoms with Crippen molar-refractivity contribution in [2.24, 2.45) is 5.73 Å². The third kappa shape index (κ3) is 2.23. The first-order chi connectivity index (χ1) is 6.15. The van der Waals surface area contributed by atoms with Crippen molar-refractivity contribution in [2.45, 2.75) is 6.04 Å². The average Bonchev–Trinajstić information content (AvgIpc) is 2.52. The zero-order valence-electron chi connectivity index (χ0n) is 6.43. The first-order valence-electron chi connectivity index (χ1n) is 3.29. The lowest BCUT2D eigenvalue weighted by molar-refractivity contribution is -0.138. The molecule has 0 saturated carbocycles. The van der Waals surface area contributed by atoms with E-state index in [2.05, 4.69) is 10.3 Å². The maximum atomic E-state index is 10.4. The van der Waals surface area contributed by atoms with Crippen molar-refractivity contribution in [3.05, 3.63) is 11.1 Å². The number of nitrogens with one attached hydrogen (secondary N) is 1. The topological polar surface area (TPSA) is 105 Å². The van der Waals surface area contributed by atoms with Crippen LogP contribution in [0.5, 0.6) is 0 Å². The van der Waals surface area contributed by atoms with Crippen molar-refractivity contribution in [2.75, 3.05) is 5.32 Å². The van der Waals surface area contributed by atoms with Crippen molar-refractivity contribution in [3.8, 4) is 0 Å². The Morgan fingerprint density at radius 1 is 1.85 bits per heavy atom. The van der Waals surface area contributed by atoms with Crippen LogP contribution in [-0.4, -0.2) is 22.5 Å². The van der Waals surface area contributed by atoms with Gasteiger partial charge in [0.2, 0.25) is 6.41 Å². The molecule has 0 fully saturated rings. The van der Waals surface area contributed by atoms with Gasteiger partial charge in [-0.25, -0.2) is 4.98 Å². The SMILES string of the molecule is N[C@H](C(=O)O)c1csc(NC=O)n1. The number of aliphatic carboxylic acids is 1. The van der Waals surface area contributed by atoms with Crippen LogP contribution in [0.3, 0.4) is 0 Å². The highest BCUT2D eigenvalue weighted by molar-refractivity contribution is 7.13. The van der Waals surface area contributed by atoms with Gasteiger partial charge >= 0.3 is 5.97 Å². The molecule has 1 aromatic heterocycles. The molecule has 4 N–H and O–H groups in total. The normalized spacial score (nSPS) is 12.1. The van der Waals surface area contributed by atoms with Crippen LogP contribution in [0.25, 0.3) is 0 Å². The molecule has 0 spiro atoms. The second-order valence-electron chi connectivity index (χ2n) is 2.16. The van der Waals surface area contributed by atoms with Crippen LogP contribution < -0.4 is 11.1 Å². The van der Waals surface area contributed by atoms with Gasteiger partial charge in [0.25, 0.3) is 0 Å². The van der Waals surface area contributed by atoms with E-state index < -0.39 is 12.0 Å². The molecule has 0 aromatic carbocycles. The molecule has 0 bridgehead atoms. The molecule has 0 aliphatic heterocycles. The van der Waals surface area contributed by atoms with Crippen LogP contribution in [0.15, 0.2) is 5.38 Å². The molecule has 70 valence electrons. The van der Waals surface area contributed by atoms with Gasteiger partial charge in [0.1, 0.15) is 6.04 Å². The Morgan fingerprint density at radius 3 is 3.08 bits per heavy atom. The molecule has 0 unspecified atom stereocenters. The standard InChI is InChI=1S/C6H7N3O3S/c7-4(5(11)12)3-1-13-6(9-3)8-2-10/h1-2,4H,7H2,(H,11,12)(H,8,9,10)/t4-/m0/s1. The summed E-state index contributed by atoms with van der Waals surface area (Å²) in [4.78, 5) is 24.2. The number of carboxylic acid groups (broad SMARTS) is 1. The predicted molar refractivity (Wildman–Crippen MR) is 46.4 cm³/mol. The molecular weight excluding hydrogens is 194 g/mol. The summed E-state index contributed by atoms with van der Waals surface area (Å²) in [6.07, 6.45) is 0.467. The summed E-state index contributed by atoms with van der Waals surface area (Å²) in [5, 5.41) is 12.6. The number of nitrogens with two attached hydrogens (primary N) is 1. The zero-order chi connectivity index (χ0) is 9.84. The number of hydrogen-bond acceptors (Lipinski definition) is 5. The minimum atomic E-state index is -1.15. The highest BCUT2D eigenvalue weighted by Gasteiger charge is 2.17. The van der Waals surface area contributed by atoms with Gasteiger partial charge in [-0.1, -0.05) is 0 Å². The van der Waals surface area contributed by atoms with Crippen LogP contribution in [0, 0.1) is 0 Å². The minimum absolute atomic E-state index is 0.238. The van der Waals surface area contributed by atoms with Gasteiger partial charge in [0.05, 0.1) is 5.69 Å². The number of nitrogens with zero attached hydrogens (tertiary/aromatic N) is 1. The molecule has 0 saturated heterocycles. The van der Waals surface area contributed by atoms with Gasteiger partial charge in [-0.3, -0.25) is 9.59 Å². The summed E-state index contributed by atoms with van der Waals surface area (Å²) in [5.41, 5.74) is 5.51. The Bertz CT molecular complexity index is 325. The third-order valence-corrected chi connectivity index (χ3v) is 2.08. The Kier molecular flexibility index (Phi) is 2.93. The molecule has 0 aliphatic carbocycles. The zero-order valence-corrected chi connectivity index (χ0v) is 7.25. The smallest absolute Gasteiger partial charge is 0.326 e. The van der Waals surface area contributed by atoms with E-state index in [1.54, 1.807) is 0 Å². The molecule has 1 heterocycles. The van der Waals surface area contributed by atoms with E-state index in [4.69, 9.17) is 10.8 Å². The van der Waals surface area contributed by atoms with Crippen LogP contribution >= 0.6 is 11.3 Å². The molecule has 13 heavy (non-hydrogen) atoms. The lowest BCUT2D eigenvalue weighted by Crippen LogP contribution is -2.20. The van der Waals surface area contributed by atoms with Gasteiger partial charge < -0.3 is 16.2 Å². The van der Waals surface area contributed by atoms with E-state index >= 15 is 0 Å². The van der Waals surface area contributed by atoms with Gasteiger partial charge in [-0.2, -0.15) is 0 Å². The number of aromatic nitrogens is 1. The number of amides is 1. The Labute approximate surface area is 77.4 Å². The fourth-order valence-electron chi connectivity index (χ4n) is 0.672. The monoisotopic (exact) mass is 201 g/mol. The maximum absolute atomic E-state index is 10.4. The molecule has 0 aliphatic rings. The van der Waals surface area contributed by atoms with Crippen LogP contribution in [0.1, 0.15) is 11.7 Å². The molecule has 1 amide bonds. The van der Waals surface area contributed by atoms with Crippen LogP contribution in [-0.2, 0) is 9.59 Å². The third-order valence-electron chi connectivity index (χ3n) is 1.29. The largest absolute Gasteiger partial charge is 0.480 e. The lowest BCUT2D eigenvalue weighted by atomic mass is 10.2. The molecular formula is C6H7N3O3S. The van der Waals surface area contributed by atoms with Crippen molar-refractivity contribution in [1.82, 2.24) is 4.98 Å². The van der Waals surface area contributed by atoms with Crippen molar-refractivity contribution < 1.29 is 14.7 Å². The summed E-state index contributed by atoms with van der Waals surface area (Å²) in [5.74, 6) is -1.15. The van der Waals surface area contributed by atoms with E-state index in [0.29, 0.717) is 11.5 Å². The van der Waals surface area contributed by atoms with Crippen molar-refractivity contribution >= 4 is 28.8 Å². The number of carboxylic acids is 1. The minimum Gasteiger partial charge on any atom is -0.480 e. The number of thiazole rings is 1. The highest BCUT2D eigenvalue weighted by Crippen LogP contribution is 2.18. The van der Waals surface area contributed by atoms with Gasteiger partial charge in [0.15, 0.2) is 5.13 Å². The quantitative estimate of drug-likeness (QED) is 0.585. The second kappa shape index (κ2) is 3.97.